The van der Waals surface area contributed by atoms with E-state index in [4.69, 9.17) is 0 Å². The lowest BCUT2D eigenvalue weighted by Crippen LogP contribution is -2.33. The van der Waals surface area contributed by atoms with Crippen molar-refractivity contribution in [3.8, 4) is 0 Å². The van der Waals surface area contributed by atoms with E-state index in [1.807, 2.05) is 31.2 Å². The van der Waals surface area contributed by atoms with Crippen LogP contribution in [0.25, 0.3) is 6.08 Å². The molecule has 0 unspecified atom stereocenters. The molecule has 1 fully saturated rings. The fraction of sp³-hybridized carbons (Fsp3) is 0.150. The number of Topliss-reactive ketones (excluding diaryl/α,β-unsaturated/α-hetero) is 1. The second kappa shape index (κ2) is 8.18. The molecule has 0 saturated carbocycles. The summed E-state index contributed by atoms with van der Waals surface area (Å²) in [5, 5.41) is 10.2. The Hall–Kier alpha value is -3.26. The molecule has 0 atom stereocenters. The highest BCUT2D eigenvalue weighted by atomic mass is 32.2. The summed E-state index contributed by atoms with van der Waals surface area (Å²) in [4.78, 5) is 48.3. The zero-order valence-electron chi connectivity index (χ0n) is 15.0. The normalized spacial score (nSPS) is 15.3. The molecule has 1 heterocycles. The van der Waals surface area contributed by atoms with Crippen molar-refractivity contribution < 1.29 is 19.3 Å². The van der Waals surface area contributed by atoms with Gasteiger partial charge in [0.15, 0.2) is 5.78 Å². The van der Waals surface area contributed by atoms with Crippen molar-refractivity contribution in [2.75, 3.05) is 6.54 Å². The quantitative estimate of drug-likeness (QED) is 0.316. The summed E-state index contributed by atoms with van der Waals surface area (Å²) in [5.41, 5.74) is 2.02. The van der Waals surface area contributed by atoms with Crippen LogP contribution < -0.4 is 0 Å². The molecule has 28 heavy (non-hydrogen) atoms. The molecule has 7 nitrogen and oxygen atoms in total. The topological polar surface area (TPSA) is 97.6 Å². The number of ketones is 1. The number of non-ortho nitro benzene ring substituents is 1. The minimum absolute atomic E-state index is 0.139. The molecular weight excluding hydrogens is 380 g/mol. The lowest BCUT2D eigenvalue weighted by atomic mass is 10.1. The van der Waals surface area contributed by atoms with Crippen molar-refractivity contribution in [1.82, 2.24) is 4.90 Å². The van der Waals surface area contributed by atoms with Crippen LogP contribution in [0, 0.1) is 10.1 Å². The fourth-order valence-electron chi connectivity index (χ4n) is 2.64. The SMILES string of the molecule is CCc1ccc(C=C2SC(=O)N(CC(=O)c3ccc([N+](=O)[O-])cc3)C2=O)cc1. The van der Waals surface area contributed by atoms with Gasteiger partial charge in [-0.15, -0.1) is 0 Å². The Morgan fingerprint density at radius 2 is 1.75 bits per heavy atom. The van der Waals surface area contributed by atoms with E-state index in [9.17, 15) is 24.5 Å². The van der Waals surface area contributed by atoms with Gasteiger partial charge in [-0.05, 0) is 47.5 Å². The van der Waals surface area contributed by atoms with E-state index >= 15 is 0 Å². The predicted molar refractivity (Wildman–Crippen MR) is 106 cm³/mol. The van der Waals surface area contributed by atoms with Crippen molar-refractivity contribution in [1.29, 1.82) is 0 Å². The van der Waals surface area contributed by atoms with Gasteiger partial charge in [-0.25, -0.2) is 0 Å². The number of rotatable bonds is 6. The molecule has 2 aromatic carbocycles. The van der Waals surface area contributed by atoms with Gasteiger partial charge in [0.2, 0.25) is 0 Å². The van der Waals surface area contributed by atoms with Crippen LogP contribution in [0.5, 0.6) is 0 Å². The Kier molecular flexibility index (Phi) is 5.70. The van der Waals surface area contributed by atoms with Crippen LogP contribution in [0.15, 0.2) is 53.4 Å². The third-order valence-electron chi connectivity index (χ3n) is 4.26. The van der Waals surface area contributed by atoms with Crippen LogP contribution in [0.1, 0.15) is 28.4 Å². The Bertz CT molecular complexity index is 981. The molecule has 1 aliphatic rings. The largest absolute Gasteiger partial charge is 0.293 e. The third-order valence-corrected chi connectivity index (χ3v) is 5.17. The number of nitro groups is 1. The molecule has 0 radical (unpaired) electrons. The maximum Gasteiger partial charge on any atom is 0.293 e. The lowest BCUT2D eigenvalue weighted by molar-refractivity contribution is -0.384. The molecule has 3 rings (SSSR count). The summed E-state index contributed by atoms with van der Waals surface area (Å²) in [5.74, 6) is -0.990. The number of imide groups is 1. The molecule has 8 heteroatoms. The van der Waals surface area contributed by atoms with Gasteiger partial charge in [0.05, 0.1) is 16.4 Å². The molecule has 2 aromatic rings. The second-order valence-electron chi connectivity index (χ2n) is 6.09. The molecule has 1 aliphatic heterocycles. The summed E-state index contributed by atoms with van der Waals surface area (Å²) in [6.45, 7) is 1.64. The smallest absolute Gasteiger partial charge is 0.292 e. The highest BCUT2D eigenvalue weighted by Crippen LogP contribution is 2.32. The van der Waals surface area contributed by atoms with Gasteiger partial charge < -0.3 is 0 Å². The van der Waals surface area contributed by atoms with Crippen LogP contribution in [0.4, 0.5) is 10.5 Å². The van der Waals surface area contributed by atoms with Crippen LogP contribution in [-0.4, -0.2) is 33.3 Å². The molecule has 0 aromatic heterocycles. The molecule has 1 saturated heterocycles. The summed E-state index contributed by atoms with van der Waals surface area (Å²) < 4.78 is 0. The van der Waals surface area contributed by atoms with Crippen molar-refractivity contribution in [3.63, 3.8) is 0 Å². The maximum atomic E-state index is 12.5. The predicted octanol–water partition coefficient (Wildman–Crippen LogP) is 4.08. The van der Waals surface area contributed by atoms with Crippen molar-refractivity contribution in [2.24, 2.45) is 0 Å². The van der Waals surface area contributed by atoms with Gasteiger partial charge in [-0.3, -0.25) is 29.4 Å². The van der Waals surface area contributed by atoms with Crippen LogP contribution in [0.3, 0.4) is 0 Å². The first kappa shape index (κ1) is 19.5. The zero-order valence-corrected chi connectivity index (χ0v) is 15.8. The number of carbonyl (C=O) groups excluding carboxylic acids is 3. The Labute approximate surface area is 165 Å². The lowest BCUT2D eigenvalue weighted by Gasteiger charge is -2.11. The fourth-order valence-corrected chi connectivity index (χ4v) is 3.48. The molecule has 2 amide bonds. The highest BCUT2D eigenvalue weighted by molar-refractivity contribution is 8.18. The molecule has 0 N–H and O–H groups in total. The molecular formula is C20H16N2O5S. The number of carbonyl (C=O) groups is 3. The van der Waals surface area contributed by atoms with Crippen LogP contribution in [0.2, 0.25) is 0 Å². The van der Waals surface area contributed by atoms with Gasteiger partial charge in [-0.2, -0.15) is 0 Å². The van der Waals surface area contributed by atoms with E-state index in [-0.39, 0.29) is 16.2 Å². The zero-order chi connectivity index (χ0) is 20.3. The van der Waals surface area contributed by atoms with Crippen molar-refractivity contribution in [3.05, 3.63) is 80.2 Å². The Balaban J connectivity index is 1.73. The van der Waals surface area contributed by atoms with Gasteiger partial charge in [0, 0.05) is 17.7 Å². The van der Waals surface area contributed by atoms with E-state index in [2.05, 4.69) is 0 Å². The van der Waals surface area contributed by atoms with E-state index < -0.39 is 28.4 Å². The number of hydrogen-bond acceptors (Lipinski definition) is 6. The van der Waals surface area contributed by atoms with Gasteiger partial charge in [0.1, 0.15) is 0 Å². The Morgan fingerprint density at radius 1 is 1.11 bits per heavy atom. The monoisotopic (exact) mass is 396 g/mol. The highest BCUT2D eigenvalue weighted by Gasteiger charge is 2.36. The number of amides is 2. The van der Waals surface area contributed by atoms with E-state index in [0.717, 1.165) is 28.6 Å². The van der Waals surface area contributed by atoms with E-state index in [0.29, 0.717) is 0 Å². The van der Waals surface area contributed by atoms with E-state index in [1.54, 1.807) is 6.08 Å². The average molecular weight is 396 g/mol. The molecule has 142 valence electrons. The number of benzene rings is 2. The number of nitrogens with zero attached hydrogens (tertiary/aromatic N) is 2. The van der Waals surface area contributed by atoms with E-state index in [1.165, 1.54) is 29.8 Å². The molecule has 0 spiro atoms. The second-order valence-corrected chi connectivity index (χ2v) is 7.08. The first-order valence-electron chi connectivity index (χ1n) is 8.51. The van der Waals surface area contributed by atoms with Crippen LogP contribution >= 0.6 is 11.8 Å². The maximum absolute atomic E-state index is 12.5. The third kappa shape index (κ3) is 4.17. The minimum atomic E-state index is -0.567. The average Bonchev–Trinajstić information content (AvgIpc) is 2.96. The summed E-state index contributed by atoms with van der Waals surface area (Å²) in [6, 6.07) is 12.7. The van der Waals surface area contributed by atoms with Crippen molar-refractivity contribution >= 4 is 40.5 Å². The molecule has 0 bridgehead atoms. The molecule has 0 aliphatic carbocycles. The van der Waals surface area contributed by atoms with Crippen molar-refractivity contribution in [2.45, 2.75) is 13.3 Å². The number of nitro benzene ring substituents is 1. The van der Waals surface area contributed by atoms with Gasteiger partial charge in [-0.1, -0.05) is 31.2 Å². The van der Waals surface area contributed by atoms with Gasteiger partial charge >= 0.3 is 0 Å². The van der Waals surface area contributed by atoms with Gasteiger partial charge in [0.25, 0.3) is 16.8 Å². The Morgan fingerprint density at radius 3 is 2.32 bits per heavy atom. The van der Waals surface area contributed by atoms with Crippen LogP contribution in [-0.2, 0) is 11.2 Å². The number of thioether (sulfide) groups is 1. The number of aryl methyl sites for hydroxylation is 1. The summed E-state index contributed by atoms with van der Waals surface area (Å²) in [6.07, 6.45) is 2.53. The first-order chi connectivity index (χ1) is 13.4. The minimum Gasteiger partial charge on any atom is -0.292 e. The first-order valence-corrected chi connectivity index (χ1v) is 9.32. The standard InChI is InChI=1S/C20H16N2O5S/c1-2-13-3-5-14(6-4-13)11-18-19(24)21(20(25)28-18)12-17(23)15-7-9-16(10-8-15)22(26)27/h3-11H,2,12H2,1H3. The number of hydrogen-bond donors (Lipinski definition) is 0. The summed E-state index contributed by atoms with van der Waals surface area (Å²) in [7, 11) is 0. The summed E-state index contributed by atoms with van der Waals surface area (Å²) >= 11 is 0.787.